The molecule has 8 nitrogen and oxygen atoms in total. The van der Waals surface area contributed by atoms with Gasteiger partial charge in [-0.15, -0.1) is 0 Å². The summed E-state index contributed by atoms with van der Waals surface area (Å²) in [6.45, 7) is 4.62. The molecule has 0 aromatic heterocycles. The fourth-order valence-electron chi connectivity index (χ4n) is 2.80. The maximum atomic E-state index is 12.0. The van der Waals surface area contributed by atoms with Gasteiger partial charge in [-0.3, -0.25) is 14.5 Å². The van der Waals surface area contributed by atoms with E-state index in [9.17, 15) is 9.59 Å². The van der Waals surface area contributed by atoms with Crippen LogP contribution in [0.5, 0.6) is 11.5 Å². The molecule has 0 radical (unpaired) electrons. The van der Waals surface area contributed by atoms with E-state index in [2.05, 4.69) is 15.5 Å². The minimum absolute atomic E-state index is 0.00607. The molecule has 1 fully saturated rings. The molecule has 2 N–H and O–H groups in total. The largest absolute Gasteiger partial charge is 0.493 e. The molecule has 1 aliphatic rings. The molecular formula is C19H29N3O5. The Morgan fingerprint density at radius 2 is 1.81 bits per heavy atom. The van der Waals surface area contributed by atoms with Crippen molar-refractivity contribution in [3.8, 4) is 11.5 Å². The zero-order valence-corrected chi connectivity index (χ0v) is 16.1. The van der Waals surface area contributed by atoms with Crippen molar-refractivity contribution in [2.24, 2.45) is 0 Å². The molecule has 0 spiro atoms. The van der Waals surface area contributed by atoms with E-state index in [0.29, 0.717) is 30.9 Å². The number of hydrogen-bond acceptors (Lipinski definition) is 6. The van der Waals surface area contributed by atoms with E-state index in [0.717, 1.165) is 38.4 Å². The van der Waals surface area contributed by atoms with Gasteiger partial charge < -0.3 is 24.8 Å². The van der Waals surface area contributed by atoms with Gasteiger partial charge in [-0.1, -0.05) is 6.07 Å². The van der Waals surface area contributed by atoms with E-state index in [1.54, 1.807) is 14.2 Å². The molecule has 27 heavy (non-hydrogen) atoms. The van der Waals surface area contributed by atoms with Crippen LogP contribution in [0.25, 0.3) is 0 Å². The first-order valence-electron chi connectivity index (χ1n) is 9.16. The predicted octanol–water partition coefficient (Wildman–Crippen LogP) is 0.201. The van der Waals surface area contributed by atoms with Crippen molar-refractivity contribution in [1.82, 2.24) is 15.5 Å². The first-order chi connectivity index (χ1) is 13.1. The number of benzene rings is 1. The van der Waals surface area contributed by atoms with Gasteiger partial charge in [0, 0.05) is 32.6 Å². The van der Waals surface area contributed by atoms with Crippen molar-refractivity contribution < 1.29 is 23.8 Å². The van der Waals surface area contributed by atoms with Gasteiger partial charge in [-0.2, -0.15) is 0 Å². The first kappa shape index (κ1) is 21.0. The lowest BCUT2D eigenvalue weighted by Gasteiger charge is -2.26. The Kier molecular flexibility index (Phi) is 8.86. The van der Waals surface area contributed by atoms with E-state index >= 15 is 0 Å². The predicted molar refractivity (Wildman–Crippen MR) is 101 cm³/mol. The second-order valence-corrected chi connectivity index (χ2v) is 6.27. The molecule has 1 aromatic rings. The highest BCUT2D eigenvalue weighted by molar-refractivity contribution is 5.84. The van der Waals surface area contributed by atoms with Crippen LogP contribution < -0.4 is 20.1 Å². The number of nitrogens with zero attached hydrogens (tertiary/aromatic N) is 1. The summed E-state index contributed by atoms with van der Waals surface area (Å²) in [5.41, 5.74) is 0.970. The zero-order valence-electron chi connectivity index (χ0n) is 16.1. The molecule has 1 aliphatic heterocycles. The number of hydrogen-bond donors (Lipinski definition) is 2. The molecule has 2 amide bonds. The summed E-state index contributed by atoms with van der Waals surface area (Å²) in [5.74, 6) is 0.949. The fourth-order valence-corrected chi connectivity index (χ4v) is 2.80. The Morgan fingerprint density at radius 3 is 2.52 bits per heavy atom. The number of nitrogens with one attached hydrogen (secondary N) is 2. The molecule has 0 atom stereocenters. The standard InChI is InChI=1S/C19H29N3O5/c1-25-16-5-3-15(13-17(16)26-2)4-6-18(23)21-14-19(24)20-7-8-22-9-11-27-12-10-22/h3,5,13H,4,6-12,14H2,1-2H3,(H,20,24)(H,21,23). The normalized spacial score (nSPS) is 14.4. The second kappa shape index (κ2) is 11.4. The third-order valence-electron chi connectivity index (χ3n) is 4.39. The molecule has 0 aliphatic carbocycles. The quantitative estimate of drug-likeness (QED) is 0.604. The zero-order chi connectivity index (χ0) is 19.5. The maximum absolute atomic E-state index is 12.0. The highest BCUT2D eigenvalue weighted by Crippen LogP contribution is 2.27. The van der Waals surface area contributed by atoms with Crippen LogP contribution in [0, 0.1) is 0 Å². The van der Waals surface area contributed by atoms with Crippen LogP contribution >= 0.6 is 0 Å². The number of amides is 2. The topological polar surface area (TPSA) is 89.1 Å². The smallest absolute Gasteiger partial charge is 0.239 e. The molecule has 150 valence electrons. The van der Waals surface area contributed by atoms with E-state index < -0.39 is 0 Å². The van der Waals surface area contributed by atoms with E-state index in [1.807, 2.05) is 18.2 Å². The summed E-state index contributed by atoms with van der Waals surface area (Å²) in [5, 5.41) is 5.47. The number of ether oxygens (including phenoxy) is 3. The number of morpholine rings is 1. The van der Waals surface area contributed by atoms with Crippen LogP contribution in [0.4, 0.5) is 0 Å². The molecule has 8 heteroatoms. The van der Waals surface area contributed by atoms with Crippen LogP contribution in [0.1, 0.15) is 12.0 Å². The van der Waals surface area contributed by atoms with Gasteiger partial charge >= 0.3 is 0 Å². The minimum Gasteiger partial charge on any atom is -0.493 e. The highest BCUT2D eigenvalue weighted by Gasteiger charge is 2.11. The van der Waals surface area contributed by atoms with Gasteiger partial charge in [0.15, 0.2) is 11.5 Å². The molecule has 0 unspecified atom stereocenters. The third-order valence-corrected chi connectivity index (χ3v) is 4.39. The third kappa shape index (κ3) is 7.44. The summed E-state index contributed by atoms with van der Waals surface area (Å²) in [6.07, 6.45) is 0.862. The van der Waals surface area contributed by atoms with Gasteiger partial charge in [0.2, 0.25) is 11.8 Å². The summed E-state index contributed by atoms with van der Waals surface area (Å²) < 4.78 is 15.7. The molecule has 1 heterocycles. The number of methoxy groups -OCH3 is 2. The Bertz CT molecular complexity index is 617. The maximum Gasteiger partial charge on any atom is 0.239 e. The van der Waals surface area contributed by atoms with Gasteiger partial charge in [0.25, 0.3) is 0 Å². The molecule has 0 bridgehead atoms. The molecular weight excluding hydrogens is 350 g/mol. The Balaban J connectivity index is 1.61. The van der Waals surface area contributed by atoms with Gasteiger partial charge in [-0.25, -0.2) is 0 Å². The van der Waals surface area contributed by atoms with E-state index in [4.69, 9.17) is 14.2 Å². The molecule has 2 rings (SSSR count). The summed E-state index contributed by atoms with van der Waals surface area (Å²) in [4.78, 5) is 26.0. The first-order valence-corrected chi connectivity index (χ1v) is 9.16. The fraction of sp³-hybridized carbons (Fsp3) is 0.579. The number of rotatable bonds is 10. The van der Waals surface area contributed by atoms with Gasteiger partial charge in [-0.05, 0) is 24.1 Å². The molecule has 1 saturated heterocycles. The van der Waals surface area contributed by atoms with Crippen molar-refractivity contribution in [3.05, 3.63) is 23.8 Å². The SMILES string of the molecule is COc1ccc(CCC(=O)NCC(=O)NCCN2CCOCC2)cc1OC. The van der Waals surface area contributed by atoms with Crippen LogP contribution in [0.3, 0.4) is 0 Å². The number of aryl methyl sites for hydroxylation is 1. The Hall–Kier alpha value is -2.32. The van der Waals surface area contributed by atoms with E-state index in [-0.39, 0.29) is 18.4 Å². The average Bonchev–Trinajstić information content (AvgIpc) is 2.71. The summed E-state index contributed by atoms with van der Waals surface area (Å²) in [7, 11) is 3.16. The second-order valence-electron chi connectivity index (χ2n) is 6.27. The Morgan fingerprint density at radius 1 is 1.07 bits per heavy atom. The van der Waals surface area contributed by atoms with Crippen molar-refractivity contribution in [1.29, 1.82) is 0 Å². The summed E-state index contributed by atoms with van der Waals surface area (Å²) in [6, 6.07) is 5.56. The highest BCUT2D eigenvalue weighted by atomic mass is 16.5. The van der Waals surface area contributed by atoms with Crippen molar-refractivity contribution >= 4 is 11.8 Å². The molecule has 1 aromatic carbocycles. The lowest BCUT2D eigenvalue weighted by molar-refractivity contribution is -0.126. The lowest BCUT2D eigenvalue weighted by Crippen LogP contribution is -2.43. The van der Waals surface area contributed by atoms with Crippen LogP contribution in [-0.4, -0.2) is 76.9 Å². The van der Waals surface area contributed by atoms with Crippen molar-refractivity contribution in [2.45, 2.75) is 12.8 Å². The molecule has 0 saturated carbocycles. The van der Waals surface area contributed by atoms with Crippen molar-refractivity contribution in [2.75, 3.05) is 60.2 Å². The number of carbonyl (C=O) groups is 2. The minimum atomic E-state index is -0.178. The van der Waals surface area contributed by atoms with Crippen LogP contribution in [0.15, 0.2) is 18.2 Å². The monoisotopic (exact) mass is 379 g/mol. The average molecular weight is 379 g/mol. The van der Waals surface area contributed by atoms with Gasteiger partial charge in [0.1, 0.15) is 0 Å². The van der Waals surface area contributed by atoms with Crippen molar-refractivity contribution in [3.63, 3.8) is 0 Å². The Labute approximate surface area is 160 Å². The van der Waals surface area contributed by atoms with Crippen LogP contribution in [-0.2, 0) is 20.7 Å². The lowest BCUT2D eigenvalue weighted by atomic mass is 10.1. The van der Waals surface area contributed by atoms with E-state index in [1.165, 1.54) is 0 Å². The van der Waals surface area contributed by atoms with Gasteiger partial charge in [0.05, 0.1) is 34.0 Å². The summed E-state index contributed by atoms with van der Waals surface area (Å²) >= 11 is 0. The number of carbonyl (C=O) groups excluding carboxylic acids is 2. The van der Waals surface area contributed by atoms with Crippen LogP contribution in [0.2, 0.25) is 0 Å².